The Balaban J connectivity index is 2.01. The number of hydrogen-bond donors (Lipinski definition) is 0. The van der Waals surface area contributed by atoms with Gasteiger partial charge in [-0.2, -0.15) is 0 Å². The largest absolute Gasteiger partial charge is 0.341 e. The molecule has 1 unspecified atom stereocenters. The van der Waals surface area contributed by atoms with E-state index in [9.17, 15) is 9.59 Å². The fraction of sp³-hybridized carbons (Fsp3) is 0.867. The van der Waals surface area contributed by atoms with Crippen LogP contribution in [0.4, 0.5) is 0 Å². The Morgan fingerprint density at radius 2 is 1.74 bits per heavy atom. The van der Waals surface area contributed by atoms with E-state index in [-0.39, 0.29) is 17.9 Å². The van der Waals surface area contributed by atoms with Gasteiger partial charge >= 0.3 is 0 Å². The predicted octanol–water partition coefficient (Wildman–Crippen LogP) is 2.04. The van der Waals surface area contributed by atoms with Crippen molar-refractivity contribution in [2.75, 3.05) is 19.6 Å². The van der Waals surface area contributed by atoms with Crippen LogP contribution < -0.4 is 0 Å². The second-order valence-corrected chi connectivity index (χ2v) is 5.96. The lowest BCUT2D eigenvalue weighted by molar-refractivity contribution is -0.148. The molecule has 0 spiro atoms. The molecule has 2 rings (SSSR count). The highest BCUT2D eigenvalue weighted by molar-refractivity contribution is 5.87. The van der Waals surface area contributed by atoms with E-state index < -0.39 is 0 Å². The summed E-state index contributed by atoms with van der Waals surface area (Å²) in [6, 6.07) is -0.186. The van der Waals surface area contributed by atoms with E-state index in [0.717, 1.165) is 57.7 Å². The van der Waals surface area contributed by atoms with Gasteiger partial charge in [0.05, 0.1) is 0 Å². The average molecular weight is 266 g/mol. The monoisotopic (exact) mass is 266 g/mol. The minimum absolute atomic E-state index is 0.128. The molecular weight excluding hydrogens is 240 g/mol. The molecule has 4 nitrogen and oxygen atoms in total. The first-order valence-electron chi connectivity index (χ1n) is 7.71. The van der Waals surface area contributed by atoms with E-state index in [1.54, 1.807) is 0 Å². The first kappa shape index (κ1) is 14.4. The summed E-state index contributed by atoms with van der Waals surface area (Å²) in [5.74, 6) is 1.04. The van der Waals surface area contributed by atoms with Crippen LogP contribution in [0.3, 0.4) is 0 Å². The third kappa shape index (κ3) is 3.28. The zero-order valence-electron chi connectivity index (χ0n) is 12.2. The maximum absolute atomic E-state index is 12.6. The number of carbonyl (C=O) groups excluding carboxylic acids is 2. The molecule has 2 aliphatic rings. The zero-order chi connectivity index (χ0) is 13.8. The molecule has 108 valence electrons. The van der Waals surface area contributed by atoms with Gasteiger partial charge in [0.2, 0.25) is 11.8 Å². The van der Waals surface area contributed by atoms with Gasteiger partial charge in [0.25, 0.3) is 0 Å². The number of carbonyl (C=O) groups is 2. The van der Waals surface area contributed by atoms with Gasteiger partial charge in [-0.15, -0.1) is 0 Å². The van der Waals surface area contributed by atoms with Crippen LogP contribution in [-0.2, 0) is 9.59 Å². The second-order valence-electron chi connectivity index (χ2n) is 5.96. The zero-order valence-corrected chi connectivity index (χ0v) is 12.2. The lowest BCUT2D eigenvalue weighted by Gasteiger charge is -2.39. The summed E-state index contributed by atoms with van der Waals surface area (Å²) in [6.45, 7) is 6.61. The summed E-state index contributed by atoms with van der Waals surface area (Å²) in [4.78, 5) is 28.4. The smallest absolute Gasteiger partial charge is 0.245 e. The molecule has 19 heavy (non-hydrogen) atoms. The number of piperidine rings is 2. The van der Waals surface area contributed by atoms with E-state index in [4.69, 9.17) is 0 Å². The van der Waals surface area contributed by atoms with Crippen LogP contribution >= 0.6 is 0 Å². The van der Waals surface area contributed by atoms with Crippen molar-refractivity contribution < 1.29 is 9.59 Å². The number of likely N-dealkylation sites (tertiary alicyclic amines) is 2. The molecule has 2 saturated heterocycles. The predicted molar refractivity (Wildman–Crippen MR) is 74.6 cm³/mol. The molecule has 0 N–H and O–H groups in total. The molecule has 2 amide bonds. The maximum atomic E-state index is 12.6. The number of hydrogen-bond acceptors (Lipinski definition) is 2. The van der Waals surface area contributed by atoms with Crippen LogP contribution in [0.1, 0.15) is 52.4 Å². The molecule has 0 aromatic heterocycles. The van der Waals surface area contributed by atoms with Crippen LogP contribution in [0.25, 0.3) is 0 Å². The van der Waals surface area contributed by atoms with Crippen molar-refractivity contribution >= 4 is 11.8 Å². The van der Waals surface area contributed by atoms with Crippen molar-refractivity contribution in [3.8, 4) is 0 Å². The Morgan fingerprint density at radius 3 is 2.37 bits per heavy atom. The fourth-order valence-corrected chi connectivity index (χ4v) is 3.13. The molecule has 0 saturated carbocycles. The Morgan fingerprint density at radius 1 is 1.05 bits per heavy atom. The Kier molecular flexibility index (Phi) is 4.83. The number of nitrogens with zero attached hydrogens (tertiary/aromatic N) is 2. The summed E-state index contributed by atoms with van der Waals surface area (Å²) in [6.07, 6.45) is 5.64. The molecule has 2 heterocycles. The molecule has 0 bridgehead atoms. The standard InChI is InChI=1S/C15H26N2O2/c1-3-14(18)17-9-5-4-6-13(17)15(19)16-10-7-12(2)8-11-16/h12-13H,3-11H2,1-2H3. The van der Waals surface area contributed by atoms with Gasteiger partial charge in [-0.25, -0.2) is 0 Å². The van der Waals surface area contributed by atoms with Gasteiger partial charge in [-0.1, -0.05) is 13.8 Å². The Labute approximate surface area is 116 Å². The van der Waals surface area contributed by atoms with Crippen LogP contribution in [0, 0.1) is 5.92 Å². The van der Waals surface area contributed by atoms with Gasteiger partial charge < -0.3 is 9.80 Å². The van der Waals surface area contributed by atoms with Crippen molar-refractivity contribution in [3.63, 3.8) is 0 Å². The lowest BCUT2D eigenvalue weighted by Crippen LogP contribution is -2.54. The topological polar surface area (TPSA) is 40.6 Å². The van der Waals surface area contributed by atoms with E-state index >= 15 is 0 Å². The molecule has 2 aliphatic heterocycles. The second kappa shape index (κ2) is 6.40. The highest BCUT2D eigenvalue weighted by Crippen LogP contribution is 2.23. The highest BCUT2D eigenvalue weighted by Gasteiger charge is 2.34. The van der Waals surface area contributed by atoms with E-state index in [1.807, 2.05) is 16.7 Å². The van der Waals surface area contributed by atoms with Crippen LogP contribution in [0.15, 0.2) is 0 Å². The molecule has 4 heteroatoms. The van der Waals surface area contributed by atoms with Crippen LogP contribution in [0.2, 0.25) is 0 Å². The molecule has 0 aromatic rings. The molecule has 0 aliphatic carbocycles. The van der Waals surface area contributed by atoms with Crippen molar-refractivity contribution in [2.45, 2.75) is 58.4 Å². The minimum atomic E-state index is -0.186. The molecule has 1 atom stereocenters. The fourth-order valence-electron chi connectivity index (χ4n) is 3.13. The van der Waals surface area contributed by atoms with Crippen LogP contribution in [-0.4, -0.2) is 47.3 Å². The van der Waals surface area contributed by atoms with Gasteiger partial charge in [0.1, 0.15) is 6.04 Å². The molecule has 2 fully saturated rings. The summed E-state index contributed by atoms with van der Waals surface area (Å²) in [7, 11) is 0. The lowest BCUT2D eigenvalue weighted by atomic mass is 9.96. The minimum Gasteiger partial charge on any atom is -0.341 e. The van der Waals surface area contributed by atoms with Crippen molar-refractivity contribution in [1.82, 2.24) is 9.80 Å². The van der Waals surface area contributed by atoms with Gasteiger partial charge in [0.15, 0.2) is 0 Å². The third-order valence-electron chi connectivity index (χ3n) is 4.51. The normalized spacial score (nSPS) is 25.5. The van der Waals surface area contributed by atoms with Crippen molar-refractivity contribution in [2.24, 2.45) is 5.92 Å². The molecule has 0 aromatic carbocycles. The van der Waals surface area contributed by atoms with E-state index in [0.29, 0.717) is 6.42 Å². The van der Waals surface area contributed by atoms with Crippen molar-refractivity contribution in [1.29, 1.82) is 0 Å². The Hall–Kier alpha value is -1.06. The highest BCUT2D eigenvalue weighted by atomic mass is 16.2. The van der Waals surface area contributed by atoms with E-state index in [1.165, 1.54) is 0 Å². The number of rotatable bonds is 2. The number of amides is 2. The third-order valence-corrected chi connectivity index (χ3v) is 4.51. The average Bonchev–Trinajstić information content (AvgIpc) is 2.46. The Bertz CT molecular complexity index is 335. The quantitative estimate of drug-likeness (QED) is 0.767. The first-order valence-corrected chi connectivity index (χ1v) is 7.71. The van der Waals surface area contributed by atoms with Crippen molar-refractivity contribution in [3.05, 3.63) is 0 Å². The summed E-state index contributed by atoms with van der Waals surface area (Å²) < 4.78 is 0. The van der Waals surface area contributed by atoms with Gasteiger partial charge in [0, 0.05) is 26.1 Å². The first-order chi connectivity index (χ1) is 9.13. The van der Waals surface area contributed by atoms with Gasteiger partial charge in [-0.05, 0) is 38.0 Å². The van der Waals surface area contributed by atoms with Gasteiger partial charge in [-0.3, -0.25) is 9.59 Å². The summed E-state index contributed by atoms with van der Waals surface area (Å²) in [5.41, 5.74) is 0. The SMILES string of the molecule is CCC(=O)N1CCCCC1C(=O)N1CCC(C)CC1. The maximum Gasteiger partial charge on any atom is 0.245 e. The molecular formula is C15H26N2O2. The summed E-state index contributed by atoms with van der Waals surface area (Å²) >= 11 is 0. The van der Waals surface area contributed by atoms with Crippen LogP contribution in [0.5, 0.6) is 0 Å². The molecule has 0 radical (unpaired) electrons. The van der Waals surface area contributed by atoms with E-state index in [2.05, 4.69) is 6.92 Å². The summed E-state index contributed by atoms with van der Waals surface area (Å²) in [5, 5.41) is 0.